The average Bonchev–Trinajstić information content (AvgIpc) is 2.15. The van der Waals surface area contributed by atoms with Crippen LogP contribution in [0.5, 0.6) is 0 Å². The average molecular weight is 265 g/mol. The van der Waals surface area contributed by atoms with E-state index in [9.17, 15) is 9.59 Å². The lowest BCUT2D eigenvalue weighted by Gasteiger charge is -2.22. The van der Waals surface area contributed by atoms with Crippen LogP contribution in [0.3, 0.4) is 0 Å². The summed E-state index contributed by atoms with van der Waals surface area (Å²) in [6, 6.07) is 0. The van der Waals surface area contributed by atoms with Crippen LogP contribution < -0.4 is 5.32 Å². The number of hydrogen-bond acceptors (Lipinski definition) is 2. The second kappa shape index (κ2) is 6.81. The molecule has 0 aromatic rings. The fourth-order valence-electron chi connectivity index (χ4n) is 1.04. The summed E-state index contributed by atoms with van der Waals surface area (Å²) in [5.74, 6) is -0.185. The lowest BCUT2D eigenvalue weighted by atomic mass is 10.3. The number of rotatable bonds is 5. The zero-order valence-electron chi connectivity index (χ0n) is 8.84. The van der Waals surface area contributed by atoms with E-state index in [4.69, 9.17) is 0 Å². The summed E-state index contributed by atoms with van der Waals surface area (Å²) in [5.41, 5.74) is 0. The van der Waals surface area contributed by atoms with Crippen molar-refractivity contribution >= 4 is 27.7 Å². The molecule has 0 aliphatic carbocycles. The Kier molecular flexibility index (Phi) is 6.53. The molecule has 0 aliphatic rings. The Hall–Kier alpha value is -0.580. The first-order valence-electron chi connectivity index (χ1n) is 4.66. The van der Waals surface area contributed by atoms with Crippen molar-refractivity contribution in [1.29, 1.82) is 0 Å². The van der Waals surface area contributed by atoms with E-state index in [-0.39, 0.29) is 23.2 Å². The zero-order chi connectivity index (χ0) is 11.1. The van der Waals surface area contributed by atoms with Crippen LogP contribution in [0.15, 0.2) is 0 Å². The molecule has 2 amide bonds. The summed E-state index contributed by atoms with van der Waals surface area (Å²) < 4.78 is 0. The van der Waals surface area contributed by atoms with E-state index in [1.165, 1.54) is 0 Å². The minimum Gasteiger partial charge on any atom is -0.358 e. The molecule has 0 heterocycles. The molecule has 1 N–H and O–H groups in total. The van der Waals surface area contributed by atoms with E-state index in [2.05, 4.69) is 21.2 Å². The van der Waals surface area contributed by atoms with Crippen molar-refractivity contribution in [2.75, 3.05) is 20.1 Å². The zero-order valence-corrected chi connectivity index (χ0v) is 10.4. The molecule has 0 fully saturated rings. The van der Waals surface area contributed by atoms with Crippen LogP contribution in [-0.4, -0.2) is 41.7 Å². The highest BCUT2D eigenvalue weighted by molar-refractivity contribution is 9.10. The van der Waals surface area contributed by atoms with Gasteiger partial charge in [-0.15, -0.1) is 0 Å². The summed E-state index contributed by atoms with van der Waals surface area (Å²) in [7, 11) is 1.56. The molecule has 0 aromatic heterocycles. The molecule has 0 radical (unpaired) electrons. The van der Waals surface area contributed by atoms with Gasteiger partial charge in [0.1, 0.15) is 0 Å². The highest BCUT2D eigenvalue weighted by Crippen LogP contribution is 2.04. The Morgan fingerprint density at radius 1 is 1.50 bits per heavy atom. The third-order valence-corrected chi connectivity index (χ3v) is 2.15. The lowest BCUT2D eigenvalue weighted by Crippen LogP contribution is -2.42. The van der Waals surface area contributed by atoms with Crippen molar-refractivity contribution in [2.24, 2.45) is 0 Å². The number of nitrogens with one attached hydrogen (secondary N) is 1. The van der Waals surface area contributed by atoms with Crippen molar-refractivity contribution in [3.05, 3.63) is 0 Å². The van der Waals surface area contributed by atoms with E-state index in [1.54, 1.807) is 18.9 Å². The second-order valence-electron chi connectivity index (χ2n) is 3.05. The summed E-state index contributed by atoms with van der Waals surface area (Å²) in [6.45, 7) is 4.49. The van der Waals surface area contributed by atoms with Gasteiger partial charge >= 0.3 is 0 Å². The SMILES string of the molecule is CCCN(CC(=O)NC)C(=O)C(C)Br. The largest absolute Gasteiger partial charge is 0.358 e. The quantitative estimate of drug-likeness (QED) is 0.746. The molecule has 0 spiro atoms. The predicted molar refractivity (Wildman–Crippen MR) is 59.3 cm³/mol. The summed E-state index contributed by atoms with van der Waals surface area (Å²) in [6.07, 6.45) is 0.850. The molecule has 5 heteroatoms. The van der Waals surface area contributed by atoms with Gasteiger partial charge in [-0.05, 0) is 13.3 Å². The third kappa shape index (κ3) is 4.60. The van der Waals surface area contributed by atoms with Gasteiger partial charge in [-0.3, -0.25) is 9.59 Å². The van der Waals surface area contributed by atoms with Crippen LogP contribution >= 0.6 is 15.9 Å². The van der Waals surface area contributed by atoms with Gasteiger partial charge in [0.2, 0.25) is 11.8 Å². The van der Waals surface area contributed by atoms with Gasteiger partial charge in [-0.25, -0.2) is 0 Å². The maximum Gasteiger partial charge on any atom is 0.239 e. The van der Waals surface area contributed by atoms with E-state index < -0.39 is 0 Å². The standard InChI is InChI=1S/C9H17BrN2O2/c1-4-5-12(6-8(13)11-3)9(14)7(2)10/h7H,4-6H2,1-3H3,(H,11,13). The molecule has 0 saturated carbocycles. The number of halogens is 1. The van der Waals surface area contributed by atoms with E-state index in [0.717, 1.165) is 6.42 Å². The van der Waals surface area contributed by atoms with Crippen LogP contribution in [0.4, 0.5) is 0 Å². The highest BCUT2D eigenvalue weighted by Gasteiger charge is 2.19. The third-order valence-electron chi connectivity index (χ3n) is 1.76. The van der Waals surface area contributed by atoms with Crippen LogP contribution in [0.2, 0.25) is 0 Å². The van der Waals surface area contributed by atoms with Crippen LogP contribution in [0.25, 0.3) is 0 Å². The van der Waals surface area contributed by atoms with Gasteiger partial charge in [-0.2, -0.15) is 0 Å². The first-order valence-corrected chi connectivity index (χ1v) is 5.57. The molecule has 0 bridgehead atoms. The maximum absolute atomic E-state index is 11.6. The predicted octanol–water partition coefficient (Wildman–Crippen LogP) is 0.754. The molecule has 0 saturated heterocycles. The minimum atomic E-state index is -0.237. The first-order chi connectivity index (χ1) is 6.52. The molecule has 0 aromatic carbocycles. The normalized spacial score (nSPS) is 12.0. The molecule has 0 aliphatic heterocycles. The highest BCUT2D eigenvalue weighted by atomic mass is 79.9. The number of likely N-dealkylation sites (N-methyl/N-ethyl adjacent to an activating group) is 1. The van der Waals surface area contributed by atoms with E-state index in [0.29, 0.717) is 6.54 Å². The van der Waals surface area contributed by atoms with Crippen LogP contribution in [-0.2, 0) is 9.59 Å². The van der Waals surface area contributed by atoms with E-state index in [1.807, 2.05) is 6.92 Å². The minimum absolute atomic E-state index is 0.0459. The molecule has 4 nitrogen and oxygen atoms in total. The van der Waals surface area contributed by atoms with Gasteiger partial charge in [0.05, 0.1) is 11.4 Å². The number of carbonyl (C=O) groups excluding carboxylic acids is 2. The molecular formula is C9H17BrN2O2. The molecular weight excluding hydrogens is 248 g/mol. The summed E-state index contributed by atoms with van der Waals surface area (Å²) >= 11 is 3.20. The number of amides is 2. The monoisotopic (exact) mass is 264 g/mol. The molecule has 1 unspecified atom stereocenters. The topological polar surface area (TPSA) is 49.4 Å². The Morgan fingerprint density at radius 3 is 2.43 bits per heavy atom. The number of alkyl halides is 1. The second-order valence-corrected chi connectivity index (χ2v) is 4.42. The Bertz CT molecular complexity index is 207. The van der Waals surface area contributed by atoms with Gasteiger partial charge in [-0.1, -0.05) is 22.9 Å². The van der Waals surface area contributed by atoms with Gasteiger partial charge < -0.3 is 10.2 Å². The maximum atomic E-state index is 11.6. The summed E-state index contributed by atoms with van der Waals surface area (Å²) in [5, 5.41) is 2.50. The van der Waals surface area contributed by atoms with Gasteiger partial charge in [0, 0.05) is 13.6 Å². The van der Waals surface area contributed by atoms with Gasteiger partial charge in [0.15, 0.2) is 0 Å². The Balaban J connectivity index is 4.28. The number of nitrogens with zero attached hydrogens (tertiary/aromatic N) is 1. The van der Waals surface area contributed by atoms with Crippen molar-refractivity contribution < 1.29 is 9.59 Å². The molecule has 0 rings (SSSR count). The number of hydrogen-bond donors (Lipinski definition) is 1. The Morgan fingerprint density at radius 2 is 2.07 bits per heavy atom. The fourth-order valence-corrected chi connectivity index (χ4v) is 1.33. The Labute approximate surface area is 93.2 Å². The molecule has 1 atom stereocenters. The van der Waals surface area contributed by atoms with Crippen molar-refractivity contribution in [2.45, 2.75) is 25.1 Å². The van der Waals surface area contributed by atoms with Gasteiger partial charge in [0.25, 0.3) is 0 Å². The van der Waals surface area contributed by atoms with Crippen LogP contribution in [0.1, 0.15) is 20.3 Å². The van der Waals surface area contributed by atoms with Crippen LogP contribution in [0, 0.1) is 0 Å². The first kappa shape index (κ1) is 13.4. The van der Waals surface area contributed by atoms with Crippen molar-refractivity contribution in [3.63, 3.8) is 0 Å². The fraction of sp³-hybridized carbons (Fsp3) is 0.778. The summed E-state index contributed by atoms with van der Waals surface area (Å²) in [4.78, 5) is 24.0. The molecule has 82 valence electrons. The molecule has 14 heavy (non-hydrogen) atoms. The van der Waals surface area contributed by atoms with Crippen molar-refractivity contribution in [1.82, 2.24) is 10.2 Å². The van der Waals surface area contributed by atoms with Crippen molar-refractivity contribution in [3.8, 4) is 0 Å². The van der Waals surface area contributed by atoms with E-state index >= 15 is 0 Å². The number of carbonyl (C=O) groups is 2. The lowest BCUT2D eigenvalue weighted by molar-refractivity contribution is -0.135. The smallest absolute Gasteiger partial charge is 0.239 e.